The molecule has 1 heterocycles. The van der Waals surface area contributed by atoms with Crippen LogP contribution in [0.15, 0.2) is 40.1 Å². The molecule has 2 N–H and O–H groups in total. The summed E-state index contributed by atoms with van der Waals surface area (Å²) in [5.41, 5.74) is -0.467. The van der Waals surface area contributed by atoms with Gasteiger partial charge in [0, 0.05) is 6.20 Å². The van der Waals surface area contributed by atoms with E-state index in [-0.39, 0.29) is 5.56 Å². The summed E-state index contributed by atoms with van der Waals surface area (Å²) < 4.78 is 12.9. The minimum atomic E-state index is -0.583. The molecule has 0 amide bonds. The Morgan fingerprint density at radius 3 is 2.67 bits per heavy atom. The smallest absolute Gasteiger partial charge is 0.313 e. The number of nitrogens with one attached hydrogen (secondary N) is 2. The van der Waals surface area contributed by atoms with Crippen LogP contribution in [-0.4, -0.2) is 9.97 Å². The summed E-state index contributed by atoms with van der Waals surface area (Å²) in [5, 5.41) is 0. The average Bonchev–Trinajstić information content (AvgIpc) is 2.17. The third-order valence-corrected chi connectivity index (χ3v) is 1.95. The van der Waals surface area contributed by atoms with Crippen LogP contribution in [0.4, 0.5) is 4.39 Å². The molecule has 15 heavy (non-hydrogen) atoms. The van der Waals surface area contributed by atoms with Crippen molar-refractivity contribution < 1.29 is 4.39 Å². The SMILES string of the molecule is O=c1[nH]cc(-c2cccc(F)c2)c(=O)[nH]1. The molecule has 2 rings (SSSR count). The van der Waals surface area contributed by atoms with Crippen LogP contribution in [0.3, 0.4) is 0 Å². The Bertz CT molecular complexity index is 601. The Balaban J connectivity index is 2.64. The van der Waals surface area contributed by atoms with Crippen molar-refractivity contribution in [3.63, 3.8) is 0 Å². The van der Waals surface area contributed by atoms with Gasteiger partial charge in [-0.1, -0.05) is 12.1 Å². The fourth-order valence-electron chi connectivity index (χ4n) is 1.28. The molecule has 0 bridgehead atoms. The van der Waals surface area contributed by atoms with E-state index in [1.54, 1.807) is 6.07 Å². The van der Waals surface area contributed by atoms with Crippen molar-refractivity contribution in [2.75, 3.05) is 0 Å². The lowest BCUT2D eigenvalue weighted by atomic mass is 10.1. The van der Waals surface area contributed by atoms with Crippen LogP contribution in [0.2, 0.25) is 0 Å². The molecule has 0 fully saturated rings. The van der Waals surface area contributed by atoms with E-state index in [9.17, 15) is 14.0 Å². The van der Waals surface area contributed by atoms with Crippen molar-refractivity contribution in [3.05, 3.63) is 57.1 Å². The highest BCUT2D eigenvalue weighted by molar-refractivity contribution is 5.60. The second-order valence-electron chi connectivity index (χ2n) is 3.00. The van der Waals surface area contributed by atoms with Gasteiger partial charge in [0.2, 0.25) is 0 Å². The lowest BCUT2D eigenvalue weighted by molar-refractivity contribution is 0.628. The number of hydrogen-bond donors (Lipinski definition) is 2. The van der Waals surface area contributed by atoms with Gasteiger partial charge in [-0.2, -0.15) is 0 Å². The molecule has 1 aromatic heterocycles. The van der Waals surface area contributed by atoms with Crippen molar-refractivity contribution in [3.8, 4) is 11.1 Å². The number of aromatic nitrogens is 2. The summed E-state index contributed by atoms with van der Waals surface area (Å²) >= 11 is 0. The molecule has 1 aromatic carbocycles. The van der Waals surface area contributed by atoms with Gasteiger partial charge in [-0.3, -0.25) is 9.78 Å². The number of H-pyrrole nitrogens is 2. The van der Waals surface area contributed by atoms with Gasteiger partial charge in [0.15, 0.2) is 0 Å². The molecule has 0 aliphatic rings. The summed E-state index contributed by atoms with van der Waals surface area (Å²) in [6, 6.07) is 5.59. The zero-order chi connectivity index (χ0) is 10.8. The van der Waals surface area contributed by atoms with Gasteiger partial charge in [0.25, 0.3) is 5.56 Å². The van der Waals surface area contributed by atoms with Crippen molar-refractivity contribution >= 4 is 0 Å². The molecule has 0 unspecified atom stereocenters. The van der Waals surface area contributed by atoms with E-state index in [0.29, 0.717) is 5.56 Å². The first-order chi connectivity index (χ1) is 7.16. The van der Waals surface area contributed by atoms with Gasteiger partial charge in [-0.25, -0.2) is 9.18 Å². The summed E-state index contributed by atoms with van der Waals surface area (Å²) in [5.74, 6) is -0.432. The first-order valence-electron chi connectivity index (χ1n) is 4.25. The van der Waals surface area contributed by atoms with E-state index in [1.165, 1.54) is 24.4 Å². The Morgan fingerprint density at radius 2 is 2.00 bits per heavy atom. The first-order valence-corrected chi connectivity index (χ1v) is 4.25. The maximum Gasteiger partial charge on any atom is 0.325 e. The van der Waals surface area contributed by atoms with Gasteiger partial charge in [0.1, 0.15) is 5.82 Å². The zero-order valence-corrected chi connectivity index (χ0v) is 7.58. The molecule has 2 aromatic rings. The maximum absolute atomic E-state index is 12.9. The third kappa shape index (κ3) is 1.85. The number of benzene rings is 1. The molecule has 0 radical (unpaired) electrons. The van der Waals surface area contributed by atoms with Gasteiger partial charge in [-0.15, -0.1) is 0 Å². The maximum atomic E-state index is 12.9. The highest BCUT2D eigenvalue weighted by atomic mass is 19.1. The number of hydrogen-bond acceptors (Lipinski definition) is 2. The summed E-state index contributed by atoms with van der Waals surface area (Å²) in [6.45, 7) is 0. The second-order valence-corrected chi connectivity index (χ2v) is 3.00. The van der Waals surface area contributed by atoms with Crippen molar-refractivity contribution in [1.29, 1.82) is 0 Å². The van der Waals surface area contributed by atoms with E-state index in [0.717, 1.165) is 0 Å². The minimum Gasteiger partial charge on any atom is -0.313 e. The predicted molar refractivity (Wildman–Crippen MR) is 53.1 cm³/mol. The second kappa shape index (κ2) is 3.53. The molecular formula is C10H7FN2O2. The number of aromatic amines is 2. The summed E-state index contributed by atoms with van der Waals surface area (Å²) in [7, 11) is 0. The van der Waals surface area contributed by atoms with Gasteiger partial charge >= 0.3 is 5.69 Å². The van der Waals surface area contributed by atoms with E-state index >= 15 is 0 Å². The fourth-order valence-corrected chi connectivity index (χ4v) is 1.28. The highest BCUT2D eigenvalue weighted by Crippen LogP contribution is 2.14. The van der Waals surface area contributed by atoms with Gasteiger partial charge in [-0.05, 0) is 17.7 Å². The van der Waals surface area contributed by atoms with Crippen LogP contribution in [0.5, 0.6) is 0 Å². The van der Waals surface area contributed by atoms with Crippen LogP contribution in [0, 0.1) is 5.82 Å². The number of rotatable bonds is 1. The minimum absolute atomic E-state index is 0.231. The molecule has 0 atom stereocenters. The Morgan fingerprint density at radius 1 is 1.20 bits per heavy atom. The van der Waals surface area contributed by atoms with E-state index in [1.807, 2.05) is 0 Å². The largest absolute Gasteiger partial charge is 0.325 e. The highest BCUT2D eigenvalue weighted by Gasteiger charge is 2.03. The molecule has 76 valence electrons. The van der Waals surface area contributed by atoms with Crippen molar-refractivity contribution in [2.45, 2.75) is 0 Å². The van der Waals surface area contributed by atoms with Gasteiger partial charge < -0.3 is 4.98 Å². The molecule has 5 heteroatoms. The zero-order valence-electron chi connectivity index (χ0n) is 7.58. The molecule has 4 nitrogen and oxygen atoms in total. The van der Waals surface area contributed by atoms with Crippen molar-refractivity contribution in [1.82, 2.24) is 9.97 Å². The Hall–Kier alpha value is -2.17. The average molecular weight is 206 g/mol. The lowest BCUT2D eigenvalue weighted by Crippen LogP contribution is -2.22. The van der Waals surface area contributed by atoms with Gasteiger partial charge in [0.05, 0.1) is 5.56 Å². The molecule has 0 aliphatic carbocycles. The van der Waals surface area contributed by atoms with E-state index in [2.05, 4.69) is 9.97 Å². The Labute approximate surface area is 83.4 Å². The monoisotopic (exact) mass is 206 g/mol. The topological polar surface area (TPSA) is 65.7 Å². The summed E-state index contributed by atoms with van der Waals surface area (Å²) in [4.78, 5) is 26.5. The summed E-state index contributed by atoms with van der Waals surface area (Å²) in [6.07, 6.45) is 1.26. The Kier molecular flexibility index (Phi) is 2.21. The molecule has 0 spiro atoms. The standard InChI is InChI=1S/C10H7FN2O2/c11-7-3-1-2-6(4-7)8-5-12-10(15)13-9(8)14/h1-5H,(H2,12,13,14,15). The molecular weight excluding hydrogens is 199 g/mol. The normalized spacial score (nSPS) is 10.2. The fraction of sp³-hybridized carbons (Fsp3) is 0. The van der Waals surface area contributed by atoms with Crippen LogP contribution < -0.4 is 11.2 Å². The molecule has 0 aliphatic heterocycles. The first kappa shape index (κ1) is 9.39. The lowest BCUT2D eigenvalue weighted by Gasteiger charge is -1.98. The van der Waals surface area contributed by atoms with Crippen LogP contribution in [0.1, 0.15) is 0 Å². The molecule has 0 saturated carbocycles. The quantitative estimate of drug-likeness (QED) is 0.727. The predicted octanol–water partition coefficient (Wildman–Crippen LogP) is 0.869. The van der Waals surface area contributed by atoms with Crippen LogP contribution >= 0.6 is 0 Å². The van der Waals surface area contributed by atoms with E-state index < -0.39 is 17.1 Å². The third-order valence-electron chi connectivity index (χ3n) is 1.95. The number of halogens is 1. The van der Waals surface area contributed by atoms with Crippen molar-refractivity contribution in [2.24, 2.45) is 0 Å². The van der Waals surface area contributed by atoms with E-state index in [4.69, 9.17) is 0 Å². The van der Waals surface area contributed by atoms with Crippen LogP contribution in [0.25, 0.3) is 11.1 Å². The van der Waals surface area contributed by atoms with Crippen LogP contribution in [-0.2, 0) is 0 Å². The molecule has 0 saturated heterocycles.